The van der Waals surface area contributed by atoms with E-state index in [1.165, 1.54) is 77.0 Å². The Morgan fingerprint density at radius 1 is 0.467 bits per heavy atom. The minimum Gasteiger partial charge on any atom is -0.491 e. The van der Waals surface area contributed by atoms with Gasteiger partial charge in [0.25, 0.3) is 5.91 Å². The van der Waals surface area contributed by atoms with Crippen molar-refractivity contribution in [2.24, 2.45) is 11.8 Å². The Hall–Kier alpha value is -8.97. The number of aryl methyl sites for hydroxylation is 1. The van der Waals surface area contributed by atoms with Gasteiger partial charge in [-0.15, -0.1) is 0 Å². The van der Waals surface area contributed by atoms with Gasteiger partial charge in [0.05, 0.1) is 81.9 Å². The highest BCUT2D eigenvalue weighted by Gasteiger charge is 2.37. The summed E-state index contributed by atoms with van der Waals surface area (Å²) < 4.78 is 102. The van der Waals surface area contributed by atoms with Crippen molar-refractivity contribution in [3.05, 3.63) is 298 Å². The first-order valence-electron chi connectivity index (χ1n) is 37.8. The number of carbonyl (C=O) groups excluding carboxylic acids is 7. The topological polar surface area (TPSA) is 274 Å². The van der Waals surface area contributed by atoms with Gasteiger partial charge in [-0.05, 0) is 181 Å². The molecular formula is C89H97Br3F4N4O18S4. The number of carbonyl (C=O) groups is 7. The molecule has 9 aromatic rings. The second-order valence-electron chi connectivity index (χ2n) is 27.8. The molecule has 5 aliphatic rings. The number of amides is 3. The van der Waals surface area contributed by atoms with Crippen LogP contribution in [0.5, 0.6) is 17.2 Å². The van der Waals surface area contributed by atoms with Crippen LogP contribution in [0.1, 0.15) is 158 Å². The van der Waals surface area contributed by atoms with Crippen LogP contribution in [0.15, 0.2) is 197 Å². The fourth-order valence-corrected chi connectivity index (χ4v) is 15.7. The number of nitrogens with one attached hydrogen (secondary N) is 2. The molecule has 9 aromatic carbocycles. The second kappa shape index (κ2) is 50.7. The molecule has 5 heterocycles. The number of aliphatic hydroxyl groups is 1. The highest BCUT2D eigenvalue weighted by molar-refractivity contribution is 9.11. The highest BCUT2D eigenvalue weighted by Crippen LogP contribution is 2.38. The standard InChI is InChI=1S/C23H24FNO5.C22H23FN2O5.C18H18BrFO3.C17H16FNO3.C9H8Br2O2.4H2S/c1-28-23(27)17-2-3-18-13-25(22(26)16-8-10-29-11-9-16)20(14-30-21(18)12-17)15-4-6-19(24)7-5-15;23-18-5-3-14(4-6-18)19-13-30-20-11-16(21(26)24-28)1-2-17(20)12-25(19)22(27)15-7-9-29-10-8-15;1-23-18(22)14-4-2-13(17(19)10-14)3-5-15(11-21)12-6-8-16(20)9-7-12;1-21-17(20)12-2-3-13-9-19-15(10-22-16(13)8-12)11-4-6-14(18)7-5-11;1-13-9(12)6-2-3-7(5-10)8(11)4-6;;;;/h2-7,12,16,20H,8-11,13-14H2,1H3;1-6,11,15,19,28H,7-10,12-13H2,(H,24,26);2,4,6-10,15,21H,3,5,11H2,1H3;2-8,15,19H,9-10H2,1H3;2-4H,5H2,1H3;4*1H2/t20-;19-;2*15-;;;;;/m1111...../s1. The van der Waals surface area contributed by atoms with Crippen molar-refractivity contribution < 1.29 is 104 Å². The van der Waals surface area contributed by atoms with Crippen molar-refractivity contribution in [2.45, 2.75) is 87.5 Å². The number of aliphatic hydroxyl groups excluding tert-OH is 1. The lowest BCUT2D eigenvalue weighted by molar-refractivity contribution is -0.143. The molecule has 2 fully saturated rings. The maximum atomic E-state index is 13.5. The number of alkyl halides is 1. The van der Waals surface area contributed by atoms with E-state index in [9.17, 15) is 56.2 Å². The average Bonchev–Trinajstić information content (AvgIpc) is 1.64. The van der Waals surface area contributed by atoms with Crippen molar-refractivity contribution in [3.63, 3.8) is 0 Å². The summed E-state index contributed by atoms with van der Waals surface area (Å²) in [7, 11) is 5.39. The number of rotatable bonds is 16. The molecule has 0 aromatic heterocycles. The van der Waals surface area contributed by atoms with E-state index >= 15 is 0 Å². The van der Waals surface area contributed by atoms with Gasteiger partial charge >= 0.3 is 23.9 Å². The third kappa shape index (κ3) is 28.0. The number of fused-ring (bicyclic) bond motifs is 3. The van der Waals surface area contributed by atoms with Crippen molar-refractivity contribution >= 4 is 143 Å². The zero-order chi connectivity index (χ0) is 84.4. The Morgan fingerprint density at radius 3 is 1.21 bits per heavy atom. The van der Waals surface area contributed by atoms with Gasteiger partial charge in [0.1, 0.15) is 60.3 Å². The predicted molar refractivity (Wildman–Crippen MR) is 480 cm³/mol. The summed E-state index contributed by atoms with van der Waals surface area (Å²) in [5.41, 5.74) is 11.9. The molecule has 33 heteroatoms. The molecule has 0 unspecified atom stereocenters. The molecule has 654 valence electrons. The molecular weight excluding hydrogens is 1860 g/mol. The van der Waals surface area contributed by atoms with Crippen molar-refractivity contribution in [1.82, 2.24) is 20.6 Å². The van der Waals surface area contributed by atoms with E-state index in [4.69, 9.17) is 43.1 Å². The molecule has 3 amide bonds. The molecule has 0 bridgehead atoms. The third-order valence-corrected chi connectivity index (χ3v) is 22.6. The molecule has 22 nitrogen and oxygen atoms in total. The molecule has 0 aliphatic carbocycles. The lowest BCUT2D eigenvalue weighted by Gasteiger charge is -2.34. The Kier molecular flexibility index (Phi) is 42.3. The Labute approximate surface area is 758 Å². The van der Waals surface area contributed by atoms with E-state index in [0.29, 0.717) is 118 Å². The summed E-state index contributed by atoms with van der Waals surface area (Å²) in [5, 5.41) is 22.6. The first kappa shape index (κ1) is 102. The molecule has 5 aliphatic heterocycles. The summed E-state index contributed by atoms with van der Waals surface area (Å²) in [6.07, 6.45) is 4.13. The van der Waals surface area contributed by atoms with E-state index in [1.807, 2.05) is 23.1 Å². The van der Waals surface area contributed by atoms with E-state index < -0.39 is 23.9 Å². The SMILES string of the molecule is COC(=O)c1ccc(CBr)c(Br)c1.COC(=O)c1ccc(CC[C@H](CO)c2ccc(F)cc2)c(Br)c1.COC(=O)c1ccc2c(c1)OC[C@H](c1ccc(F)cc1)N(C(=O)C1CCOCC1)C2.COC(=O)c1ccc2c(c1)OC[C@H](c1ccc(F)cc1)NC2.O=C(NO)c1ccc2c(c1)OC[C@H](c1ccc(F)cc1)N(C(=O)C1CCOCC1)C2.S.S.S.S. The largest absolute Gasteiger partial charge is 0.491 e. The normalized spacial score (nSPS) is 15.9. The molecule has 0 radical (unpaired) electrons. The number of esters is 4. The van der Waals surface area contributed by atoms with Crippen LogP contribution < -0.4 is 25.0 Å². The number of benzene rings is 9. The van der Waals surface area contributed by atoms with Gasteiger partial charge in [-0.1, -0.05) is 127 Å². The van der Waals surface area contributed by atoms with E-state index in [2.05, 4.69) is 57.8 Å². The Bertz CT molecular complexity index is 4800. The molecule has 0 spiro atoms. The van der Waals surface area contributed by atoms with Gasteiger partial charge < -0.3 is 62.9 Å². The van der Waals surface area contributed by atoms with Gasteiger partial charge in [-0.2, -0.15) is 54.0 Å². The first-order chi connectivity index (χ1) is 57.0. The molecule has 4 N–H and O–H groups in total. The third-order valence-electron chi connectivity index (χ3n) is 20.5. The Morgan fingerprint density at radius 2 is 0.820 bits per heavy atom. The summed E-state index contributed by atoms with van der Waals surface area (Å²) >= 11 is 10.2. The van der Waals surface area contributed by atoms with E-state index in [1.54, 1.807) is 132 Å². The minimum absolute atomic E-state index is 0. The number of nitrogens with zero attached hydrogens (tertiary/aromatic N) is 2. The quantitative estimate of drug-likeness (QED) is 0.0175. The zero-order valence-electron chi connectivity index (χ0n) is 67.1. The minimum atomic E-state index is -0.643. The number of hydrogen-bond acceptors (Lipinski definition) is 19. The van der Waals surface area contributed by atoms with Crippen molar-refractivity contribution in [1.29, 1.82) is 0 Å². The summed E-state index contributed by atoms with van der Waals surface area (Å²) in [5.74, 6) is -1.96. The highest BCUT2D eigenvalue weighted by atomic mass is 79.9. The monoisotopic (exact) mass is 1950 g/mol. The molecule has 0 saturated carbocycles. The van der Waals surface area contributed by atoms with Gasteiger partial charge in [-0.3, -0.25) is 19.6 Å². The van der Waals surface area contributed by atoms with Crippen LogP contribution in [0.3, 0.4) is 0 Å². The lowest BCUT2D eigenvalue weighted by Crippen LogP contribution is -2.41. The Balaban J connectivity index is 0.000000239. The van der Waals surface area contributed by atoms with Crippen LogP contribution in [-0.2, 0) is 69.4 Å². The van der Waals surface area contributed by atoms with Crippen LogP contribution >= 0.6 is 102 Å². The van der Waals surface area contributed by atoms with Gasteiger partial charge in [0.15, 0.2) is 0 Å². The summed E-state index contributed by atoms with van der Waals surface area (Å²) in [6.45, 7) is 4.28. The maximum absolute atomic E-state index is 13.5. The number of ether oxygens (including phenoxy) is 9. The summed E-state index contributed by atoms with van der Waals surface area (Å²) in [4.78, 5) is 88.3. The van der Waals surface area contributed by atoms with E-state index in [-0.39, 0.29) is 156 Å². The van der Waals surface area contributed by atoms with Crippen LogP contribution in [0.4, 0.5) is 17.6 Å². The smallest absolute Gasteiger partial charge is 0.337 e. The molecule has 4 atom stereocenters. The fraction of sp³-hybridized carbons (Fsp3) is 0.315. The number of hydrogen-bond donors (Lipinski definition) is 4. The van der Waals surface area contributed by atoms with Crippen LogP contribution in [-0.4, -0.2) is 143 Å². The lowest BCUT2D eigenvalue weighted by atomic mass is 9.93. The van der Waals surface area contributed by atoms with Gasteiger partial charge in [0, 0.05) is 93.9 Å². The number of hydroxylamine groups is 1. The zero-order valence-corrected chi connectivity index (χ0v) is 75.8. The molecule has 14 rings (SSSR count). The van der Waals surface area contributed by atoms with Crippen LogP contribution in [0, 0.1) is 35.1 Å². The first-order valence-corrected chi connectivity index (χ1v) is 40.5. The van der Waals surface area contributed by atoms with Gasteiger partial charge in [0.2, 0.25) is 11.8 Å². The average molecular weight is 1950 g/mol. The number of halogens is 7. The van der Waals surface area contributed by atoms with Crippen molar-refractivity contribution in [3.8, 4) is 17.2 Å². The fourth-order valence-electron chi connectivity index (χ4n) is 13.7. The van der Waals surface area contributed by atoms with Gasteiger partial charge in [-0.25, -0.2) is 42.2 Å². The molecule has 2 saturated heterocycles. The predicted octanol–water partition coefficient (Wildman–Crippen LogP) is 16.8. The second-order valence-corrected chi connectivity index (χ2v) is 30.1. The van der Waals surface area contributed by atoms with Crippen molar-refractivity contribution in [2.75, 3.05) is 81.3 Å². The van der Waals surface area contributed by atoms with E-state index in [0.717, 1.165) is 77.2 Å². The maximum Gasteiger partial charge on any atom is 0.337 e. The van der Waals surface area contributed by atoms with Crippen LogP contribution in [0.2, 0.25) is 0 Å². The summed E-state index contributed by atoms with van der Waals surface area (Å²) in [6, 6.07) is 49.9. The van der Waals surface area contributed by atoms with Crippen LogP contribution in [0.25, 0.3) is 0 Å². The number of methoxy groups -OCH3 is 4. The molecule has 122 heavy (non-hydrogen) atoms.